The van der Waals surface area contributed by atoms with Gasteiger partial charge in [-0.2, -0.15) is 0 Å². The lowest BCUT2D eigenvalue weighted by Crippen LogP contribution is -2.40. The van der Waals surface area contributed by atoms with Gasteiger partial charge in [-0.25, -0.2) is 0 Å². The highest BCUT2D eigenvalue weighted by atomic mass is 15.2. The summed E-state index contributed by atoms with van der Waals surface area (Å²) < 4.78 is 0. The van der Waals surface area contributed by atoms with Crippen LogP contribution in [-0.4, -0.2) is 0 Å². The van der Waals surface area contributed by atoms with Gasteiger partial charge in [-0.05, 0) is 82.1 Å². The first kappa shape index (κ1) is 28.0. The summed E-state index contributed by atoms with van der Waals surface area (Å²) in [6.07, 6.45) is 0. The number of benzene rings is 5. The van der Waals surface area contributed by atoms with Crippen molar-refractivity contribution in [2.75, 3.05) is 9.80 Å². The molecule has 0 N–H and O–H groups in total. The summed E-state index contributed by atoms with van der Waals surface area (Å²) in [7, 11) is 0. The van der Waals surface area contributed by atoms with Gasteiger partial charge < -0.3 is 9.80 Å². The summed E-state index contributed by atoms with van der Waals surface area (Å²) in [6.45, 7) is 23.3. The van der Waals surface area contributed by atoms with Gasteiger partial charge in [0, 0.05) is 39.0 Å². The van der Waals surface area contributed by atoms with Crippen molar-refractivity contribution in [1.29, 1.82) is 0 Å². The summed E-state index contributed by atoms with van der Waals surface area (Å²) in [4.78, 5) is 5.01. The SMILES string of the molecule is C=C1c2cccc3c2N2c4c1cc(N(c1ccc(C)cc1)c1ccc(C(C)(C)C)cc1)cc4C(C)(C)c1cccc(c12)C3(C)C. The molecule has 5 aromatic carbocycles. The Morgan fingerprint density at radius 3 is 1.69 bits per heavy atom. The van der Waals surface area contributed by atoms with Gasteiger partial charge in [0.2, 0.25) is 0 Å². The van der Waals surface area contributed by atoms with Crippen LogP contribution in [0.5, 0.6) is 0 Å². The van der Waals surface area contributed by atoms with Gasteiger partial charge in [0.15, 0.2) is 0 Å². The lowest BCUT2D eigenvalue weighted by molar-refractivity contribution is 0.590. The molecule has 45 heavy (non-hydrogen) atoms. The van der Waals surface area contributed by atoms with E-state index in [0.29, 0.717) is 0 Å². The maximum Gasteiger partial charge on any atom is 0.0583 e. The fourth-order valence-corrected chi connectivity index (χ4v) is 8.04. The van der Waals surface area contributed by atoms with Gasteiger partial charge in [-0.3, -0.25) is 0 Å². The molecular formula is C43H42N2. The van der Waals surface area contributed by atoms with Crippen LogP contribution in [0.4, 0.5) is 34.1 Å². The summed E-state index contributed by atoms with van der Waals surface area (Å²) in [5.41, 5.74) is 18.8. The van der Waals surface area contributed by atoms with Crippen LogP contribution < -0.4 is 9.80 Å². The molecule has 2 heteroatoms. The van der Waals surface area contributed by atoms with E-state index in [2.05, 4.69) is 162 Å². The lowest BCUT2D eigenvalue weighted by Gasteiger charge is -2.52. The Bertz CT molecular complexity index is 2050. The van der Waals surface area contributed by atoms with E-state index in [0.717, 1.165) is 22.6 Å². The van der Waals surface area contributed by atoms with E-state index in [4.69, 9.17) is 6.58 Å². The molecule has 3 heterocycles. The number of aryl methyl sites for hydroxylation is 1. The number of hydrogen-bond acceptors (Lipinski definition) is 2. The number of para-hydroxylation sites is 2. The van der Waals surface area contributed by atoms with Crippen molar-refractivity contribution in [1.82, 2.24) is 0 Å². The third-order valence-electron chi connectivity index (χ3n) is 10.7. The standard InChI is InChI=1S/C43H42N2/c1-26-16-20-29(21-17-26)44(30-22-18-28(19-23-30)41(3,4)5)31-24-33-27(2)32-12-10-13-34-38(32)45-39(33)37(25-31)43(8,9)36-15-11-14-35(40(36)45)42(34,6)7/h10-25H,2H2,1,3-9H3. The second-order valence-corrected chi connectivity index (χ2v) is 15.3. The second kappa shape index (κ2) is 9.01. The Kier molecular flexibility index (Phi) is 5.59. The molecule has 0 aliphatic carbocycles. The minimum absolute atomic E-state index is 0.0898. The van der Waals surface area contributed by atoms with E-state index < -0.39 is 0 Å². The zero-order valence-corrected chi connectivity index (χ0v) is 27.8. The Morgan fingerprint density at radius 2 is 1.09 bits per heavy atom. The van der Waals surface area contributed by atoms with Crippen molar-refractivity contribution in [2.45, 2.75) is 71.6 Å². The molecule has 3 aliphatic rings. The third kappa shape index (κ3) is 3.75. The highest BCUT2D eigenvalue weighted by Gasteiger charge is 2.49. The molecule has 0 saturated carbocycles. The fourth-order valence-electron chi connectivity index (χ4n) is 8.04. The maximum atomic E-state index is 4.80. The van der Waals surface area contributed by atoms with Gasteiger partial charge in [-0.15, -0.1) is 0 Å². The summed E-state index contributed by atoms with van der Waals surface area (Å²) >= 11 is 0. The van der Waals surface area contributed by atoms with Crippen LogP contribution in [0.25, 0.3) is 5.57 Å². The Labute approximate surface area is 268 Å². The number of anilines is 6. The molecule has 224 valence electrons. The predicted octanol–water partition coefficient (Wildman–Crippen LogP) is 11.9. The van der Waals surface area contributed by atoms with Gasteiger partial charge in [0.25, 0.3) is 0 Å². The Morgan fingerprint density at radius 1 is 0.578 bits per heavy atom. The van der Waals surface area contributed by atoms with E-state index in [1.807, 2.05) is 0 Å². The highest BCUT2D eigenvalue weighted by molar-refractivity contribution is 6.08. The molecule has 0 atom stereocenters. The van der Waals surface area contributed by atoms with Crippen LogP contribution in [-0.2, 0) is 16.2 Å². The van der Waals surface area contributed by atoms with Crippen molar-refractivity contribution in [2.24, 2.45) is 0 Å². The quantitative estimate of drug-likeness (QED) is 0.203. The molecule has 0 fully saturated rings. The van der Waals surface area contributed by atoms with Crippen molar-refractivity contribution in [3.8, 4) is 0 Å². The fraction of sp³-hybridized carbons (Fsp3) is 0.256. The average molecular weight is 587 g/mol. The molecule has 0 amide bonds. The first-order valence-corrected chi connectivity index (χ1v) is 16.2. The molecule has 2 nitrogen and oxygen atoms in total. The van der Waals surface area contributed by atoms with E-state index in [1.54, 1.807) is 0 Å². The van der Waals surface area contributed by atoms with Crippen molar-refractivity contribution < 1.29 is 0 Å². The Balaban J connectivity index is 1.43. The average Bonchev–Trinajstić information content (AvgIpc) is 3.01. The van der Waals surface area contributed by atoms with Gasteiger partial charge in [0.1, 0.15) is 0 Å². The molecule has 0 unspecified atom stereocenters. The smallest absolute Gasteiger partial charge is 0.0583 e. The minimum atomic E-state index is -0.211. The number of rotatable bonds is 3. The van der Waals surface area contributed by atoms with Gasteiger partial charge >= 0.3 is 0 Å². The third-order valence-corrected chi connectivity index (χ3v) is 10.7. The molecule has 3 aliphatic heterocycles. The topological polar surface area (TPSA) is 6.48 Å². The van der Waals surface area contributed by atoms with E-state index in [9.17, 15) is 0 Å². The number of hydrogen-bond donors (Lipinski definition) is 0. The van der Waals surface area contributed by atoms with Crippen LogP contribution in [0, 0.1) is 6.92 Å². The first-order valence-electron chi connectivity index (χ1n) is 16.2. The molecule has 0 aromatic heterocycles. The van der Waals surface area contributed by atoms with Crippen molar-refractivity contribution >= 4 is 39.7 Å². The van der Waals surface area contributed by atoms with Crippen LogP contribution in [0.3, 0.4) is 0 Å². The highest BCUT2D eigenvalue weighted by Crippen LogP contribution is 2.65. The Hall–Kier alpha value is -4.56. The molecule has 0 saturated heterocycles. The van der Waals surface area contributed by atoms with Crippen LogP contribution in [0.15, 0.2) is 104 Å². The number of nitrogens with zero attached hydrogens (tertiary/aromatic N) is 2. The first-order chi connectivity index (χ1) is 21.3. The van der Waals surface area contributed by atoms with Crippen LogP contribution in [0.2, 0.25) is 0 Å². The van der Waals surface area contributed by atoms with Gasteiger partial charge in [-0.1, -0.05) is 121 Å². The second-order valence-electron chi connectivity index (χ2n) is 15.3. The normalized spacial score (nSPS) is 16.4. The monoisotopic (exact) mass is 586 g/mol. The predicted molar refractivity (Wildman–Crippen MR) is 192 cm³/mol. The zero-order chi connectivity index (χ0) is 31.6. The minimum Gasteiger partial charge on any atom is -0.310 e. The molecular weight excluding hydrogens is 544 g/mol. The van der Waals surface area contributed by atoms with Gasteiger partial charge in [0.05, 0.1) is 17.1 Å². The largest absolute Gasteiger partial charge is 0.310 e. The zero-order valence-electron chi connectivity index (χ0n) is 27.8. The summed E-state index contributed by atoms with van der Waals surface area (Å²) in [5, 5.41) is 0. The lowest BCUT2D eigenvalue weighted by atomic mass is 9.64. The molecule has 0 radical (unpaired) electrons. The molecule has 0 spiro atoms. The van der Waals surface area contributed by atoms with Crippen molar-refractivity contribution in [3.63, 3.8) is 0 Å². The van der Waals surface area contributed by atoms with E-state index in [-0.39, 0.29) is 16.2 Å². The van der Waals surface area contributed by atoms with Crippen molar-refractivity contribution in [3.05, 3.63) is 148 Å². The summed E-state index contributed by atoms with van der Waals surface area (Å²) in [6, 6.07) is 36.6. The van der Waals surface area contributed by atoms with Crippen LogP contribution >= 0.6 is 0 Å². The van der Waals surface area contributed by atoms with Crippen LogP contribution in [0.1, 0.15) is 93.0 Å². The van der Waals surface area contributed by atoms with E-state index in [1.165, 1.54) is 61.6 Å². The molecule has 0 bridgehead atoms. The molecule has 8 rings (SSSR count). The molecule has 5 aromatic rings. The maximum absolute atomic E-state index is 4.80. The summed E-state index contributed by atoms with van der Waals surface area (Å²) in [5.74, 6) is 0. The van der Waals surface area contributed by atoms with E-state index >= 15 is 0 Å².